The fourth-order valence-corrected chi connectivity index (χ4v) is 2.04. The maximum Gasteiger partial charge on any atom is 0.249 e. The highest BCUT2D eigenvalue weighted by Gasteiger charge is 2.15. The lowest BCUT2D eigenvalue weighted by molar-refractivity contribution is 0.368. The van der Waals surface area contributed by atoms with Crippen molar-refractivity contribution < 1.29 is 4.52 Å². The van der Waals surface area contributed by atoms with Crippen LogP contribution in [-0.4, -0.2) is 19.9 Å². The molecule has 21 heavy (non-hydrogen) atoms. The zero-order valence-corrected chi connectivity index (χ0v) is 12.0. The fraction of sp³-hybridized carbons (Fsp3) is 0.267. The number of nitrogens with one attached hydrogen (secondary N) is 1. The summed E-state index contributed by atoms with van der Waals surface area (Å²) in [6, 6.07) is 9.69. The molecule has 0 unspecified atom stereocenters. The first-order valence-corrected chi connectivity index (χ1v) is 6.94. The first-order valence-electron chi connectivity index (χ1n) is 6.94. The number of aromatic nitrogens is 4. The van der Waals surface area contributed by atoms with Gasteiger partial charge in [-0.2, -0.15) is 10.1 Å². The Hall–Kier alpha value is -2.63. The average molecular weight is 283 g/mol. The van der Waals surface area contributed by atoms with Gasteiger partial charge >= 0.3 is 0 Å². The second-order valence-electron chi connectivity index (χ2n) is 4.77. The lowest BCUT2D eigenvalue weighted by Crippen LogP contribution is -2.06. The van der Waals surface area contributed by atoms with E-state index in [1.165, 1.54) is 0 Å². The van der Waals surface area contributed by atoms with E-state index in [1.807, 2.05) is 55.1 Å². The quantitative estimate of drug-likeness (QED) is 0.779. The van der Waals surface area contributed by atoms with Crippen LogP contribution in [0.4, 0.5) is 5.69 Å². The fourth-order valence-electron chi connectivity index (χ4n) is 2.04. The molecule has 6 heteroatoms. The summed E-state index contributed by atoms with van der Waals surface area (Å²) >= 11 is 0. The molecular weight excluding hydrogens is 266 g/mol. The van der Waals surface area contributed by atoms with Gasteiger partial charge in [-0.05, 0) is 13.8 Å². The summed E-state index contributed by atoms with van der Waals surface area (Å²) in [5, 5.41) is 11.5. The smallest absolute Gasteiger partial charge is 0.249 e. The lowest BCUT2D eigenvalue weighted by atomic mass is 10.2. The lowest BCUT2D eigenvalue weighted by Gasteiger charge is -2.07. The van der Waals surface area contributed by atoms with Crippen LogP contribution in [0.15, 0.2) is 47.2 Å². The molecule has 0 aliphatic carbocycles. The number of hydrogen-bond donors (Lipinski definition) is 1. The van der Waals surface area contributed by atoms with Gasteiger partial charge in [0.1, 0.15) is 6.04 Å². The van der Waals surface area contributed by atoms with Crippen molar-refractivity contribution in [2.24, 2.45) is 0 Å². The van der Waals surface area contributed by atoms with Gasteiger partial charge < -0.3 is 9.84 Å². The molecule has 0 aliphatic heterocycles. The number of anilines is 1. The molecule has 1 atom stereocenters. The van der Waals surface area contributed by atoms with Crippen molar-refractivity contribution in [3.8, 4) is 11.4 Å². The topological polar surface area (TPSA) is 68.8 Å². The van der Waals surface area contributed by atoms with E-state index in [0.717, 1.165) is 17.8 Å². The number of benzene rings is 1. The Morgan fingerprint density at radius 2 is 2.10 bits per heavy atom. The zero-order valence-electron chi connectivity index (χ0n) is 12.0. The largest absolute Gasteiger partial charge is 0.371 e. The molecule has 0 aliphatic rings. The summed E-state index contributed by atoms with van der Waals surface area (Å²) in [5.74, 6) is 1.15. The van der Waals surface area contributed by atoms with E-state index < -0.39 is 0 Å². The highest BCUT2D eigenvalue weighted by molar-refractivity contribution is 5.53. The summed E-state index contributed by atoms with van der Waals surface area (Å²) in [6.07, 6.45) is 3.74. The van der Waals surface area contributed by atoms with Crippen LogP contribution in [0.5, 0.6) is 0 Å². The van der Waals surface area contributed by atoms with Gasteiger partial charge in [0.25, 0.3) is 0 Å². The predicted octanol–water partition coefficient (Wildman–Crippen LogP) is 3.13. The van der Waals surface area contributed by atoms with E-state index in [2.05, 4.69) is 20.6 Å². The molecule has 0 spiro atoms. The second-order valence-corrected chi connectivity index (χ2v) is 4.77. The predicted molar refractivity (Wildman–Crippen MR) is 79.7 cm³/mol. The minimum Gasteiger partial charge on any atom is -0.371 e. The Bertz CT molecular complexity index is 704. The number of nitrogens with zero attached hydrogens (tertiary/aromatic N) is 4. The van der Waals surface area contributed by atoms with Crippen LogP contribution in [0.3, 0.4) is 0 Å². The molecule has 1 aromatic carbocycles. The molecule has 0 fully saturated rings. The molecule has 0 bridgehead atoms. The maximum absolute atomic E-state index is 5.34. The van der Waals surface area contributed by atoms with Gasteiger partial charge in [-0.25, -0.2) is 0 Å². The summed E-state index contributed by atoms with van der Waals surface area (Å²) in [5.41, 5.74) is 1.88. The summed E-state index contributed by atoms with van der Waals surface area (Å²) in [6.45, 7) is 4.87. The normalized spacial score (nSPS) is 12.3. The van der Waals surface area contributed by atoms with Gasteiger partial charge in [0.2, 0.25) is 11.7 Å². The third-order valence-electron chi connectivity index (χ3n) is 3.18. The Morgan fingerprint density at radius 3 is 2.81 bits per heavy atom. The van der Waals surface area contributed by atoms with Crippen LogP contribution in [0.25, 0.3) is 11.4 Å². The van der Waals surface area contributed by atoms with Crippen molar-refractivity contribution in [2.45, 2.75) is 26.4 Å². The van der Waals surface area contributed by atoms with Crippen LogP contribution < -0.4 is 5.32 Å². The molecule has 0 radical (unpaired) electrons. The van der Waals surface area contributed by atoms with Gasteiger partial charge in [0.15, 0.2) is 0 Å². The molecule has 2 aromatic heterocycles. The molecular formula is C15H17N5O. The Balaban J connectivity index is 1.73. The second kappa shape index (κ2) is 5.78. The third kappa shape index (κ3) is 2.94. The van der Waals surface area contributed by atoms with Gasteiger partial charge in [-0.3, -0.25) is 4.68 Å². The third-order valence-corrected chi connectivity index (χ3v) is 3.18. The van der Waals surface area contributed by atoms with Gasteiger partial charge in [-0.15, -0.1) is 0 Å². The summed E-state index contributed by atoms with van der Waals surface area (Å²) < 4.78 is 7.19. The van der Waals surface area contributed by atoms with Crippen molar-refractivity contribution in [1.29, 1.82) is 0 Å². The molecule has 0 saturated heterocycles. The number of hydrogen-bond acceptors (Lipinski definition) is 5. The molecule has 6 nitrogen and oxygen atoms in total. The van der Waals surface area contributed by atoms with E-state index in [1.54, 1.807) is 6.20 Å². The van der Waals surface area contributed by atoms with Crippen LogP contribution >= 0.6 is 0 Å². The first-order chi connectivity index (χ1) is 10.3. The van der Waals surface area contributed by atoms with Crippen LogP contribution in [0.1, 0.15) is 25.8 Å². The minimum absolute atomic E-state index is 0.0792. The molecule has 2 heterocycles. The molecule has 0 saturated carbocycles. The highest BCUT2D eigenvalue weighted by Crippen LogP contribution is 2.21. The Kier molecular flexibility index (Phi) is 3.68. The van der Waals surface area contributed by atoms with Crippen LogP contribution in [-0.2, 0) is 6.54 Å². The van der Waals surface area contributed by atoms with Crippen molar-refractivity contribution in [3.63, 3.8) is 0 Å². The molecule has 108 valence electrons. The monoisotopic (exact) mass is 283 g/mol. The van der Waals surface area contributed by atoms with E-state index >= 15 is 0 Å². The van der Waals surface area contributed by atoms with Crippen molar-refractivity contribution in [1.82, 2.24) is 19.9 Å². The van der Waals surface area contributed by atoms with Gasteiger partial charge in [0, 0.05) is 18.3 Å². The van der Waals surface area contributed by atoms with Crippen molar-refractivity contribution in [3.05, 3.63) is 48.6 Å². The summed E-state index contributed by atoms with van der Waals surface area (Å²) in [4.78, 5) is 4.44. The summed E-state index contributed by atoms with van der Waals surface area (Å²) in [7, 11) is 0. The standard InChI is InChI=1S/C15H17N5O/c1-3-20-10-13(9-16-20)17-11(2)15-18-14(19-21-15)12-7-5-4-6-8-12/h4-11,17H,3H2,1-2H3/t11-/m0/s1. The number of aryl methyl sites for hydroxylation is 1. The van der Waals surface area contributed by atoms with E-state index in [9.17, 15) is 0 Å². The van der Waals surface area contributed by atoms with Crippen molar-refractivity contribution in [2.75, 3.05) is 5.32 Å². The number of rotatable bonds is 5. The van der Waals surface area contributed by atoms with E-state index in [4.69, 9.17) is 4.52 Å². The SMILES string of the molecule is CCn1cc(N[C@@H](C)c2nc(-c3ccccc3)no2)cn1. The van der Waals surface area contributed by atoms with Crippen molar-refractivity contribution >= 4 is 5.69 Å². The Morgan fingerprint density at radius 1 is 1.29 bits per heavy atom. The Labute approximate surface area is 122 Å². The van der Waals surface area contributed by atoms with Gasteiger partial charge in [0.05, 0.1) is 11.9 Å². The average Bonchev–Trinajstić information content (AvgIpc) is 3.17. The first kappa shape index (κ1) is 13.4. The molecule has 0 amide bonds. The van der Waals surface area contributed by atoms with Gasteiger partial charge in [-0.1, -0.05) is 35.5 Å². The molecule has 3 rings (SSSR count). The van der Waals surface area contributed by atoms with Crippen LogP contribution in [0.2, 0.25) is 0 Å². The van der Waals surface area contributed by atoms with E-state index in [0.29, 0.717) is 11.7 Å². The minimum atomic E-state index is -0.0792. The molecule has 1 N–H and O–H groups in total. The highest BCUT2D eigenvalue weighted by atomic mass is 16.5. The molecule has 3 aromatic rings. The van der Waals surface area contributed by atoms with E-state index in [-0.39, 0.29) is 6.04 Å². The van der Waals surface area contributed by atoms with Crippen LogP contribution in [0, 0.1) is 0 Å². The maximum atomic E-state index is 5.34. The zero-order chi connectivity index (χ0) is 14.7.